The van der Waals surface area contributed by atoms with E-state index in [0.29, 0.717) is 11.8 Å². The van der Waals surface area contributed by atoms with E-state index in [-0.39, 0.29) is 11.3 Å². The third kappa shape index (κ3) is 11.9. The number of halogens is 9. The summed E-state index contributed by atoms with van der Waals surface area (Å²) < 4.78 is 101. The second-order valence-electron chi connectivity index (χ2n) is 9.73. The van der Waals surface area contributed by atoms with Crippen molar-refractivity contribution >= 4 is 29.5 Å². The maximum absolute atomic E-state index is 13.3. The average Bonchev–Trinajstić information content (AvgIpc) is 3.46. The average molecular weight is 695 g/mol. The van der Waals surface area contributed by atoms with E-state index in [4.69, 9.17) is 34.4 Å². The van der Waals surface area contributed by atoms with E-state index in [1.165, 1.54) is 0 Å². The van der Waals surface area contributed by atoms with Gasteiger partial charge in [-0.3, -0.25) is 14.7 Å². The molecular formula is C26H27F9N4O8. The Morgan fingerprint density at radius 2 is 1.40 bits per heavy atom. The number of carboxylic acid groups (broad SMARTS) is 3. The predicted molar refractivity (Wildman–Crippen MR) is 140 cm³/mol. The smallest absolute Gasteiger partial charge is 0.481 e. The van der Waals surface area contributed by atoms with Crippen LogP contribution in [0.25, 0.3) is 0 Å². The number of carbonyl (C=O) groups is 4. The molecule has 0 unspecified atom stereocenters. The van der Waals surface area contributed by atoms with Crippen LogP contribution in [0.2, 0.25) is 0 Å². The van der Waals surface area contributed by atoms with Gasteiger partial charge in [0.05, 0.1) is 24.4 Å². The lowest BCUT2D eigenvalue weighted by molar-refractivity contribution is -0.193. The second-order valence-corrected chi connectivity index (χ2v) is 9.73. The Kier molecular flexibility index (Phi) is 13.9. The van der Waals surface area contributed by atoms with Crippen molar-refractivity contribution in [2.75, 3.05) is 31.6 Å². The number of hydrogen-bond acceptors (Lipinski definition) is 8. The number of amides is 1. The van der Waals surface area contributed by atoms with Crippen LogP contribution in [0.15, 0.2) is 42.9 Å². The van der Waals surface area contributed by atoms with E-state index in [1.54, 1.807) is 25.7 Å². The Labute approximate surface area is 259 Å². The summed E-state index contributed by atoms with van der Waals surface area (Å²) in [6, 6.07) is 7.81. The summed E-state index contributed by atoms with van der Waals surface area (Å²) >= 11 is 0. The molecule has 0 aromatic carbocycles. The van der Waals surface area contributed by atoms with E-state index in [9.17, 15) is 44.3 Å². The fourth-order valence-corrected chi connectivity index (χ4v) is 4.42. The molecule has 0 bridgehead atoms. The number of nitrogens with zero attached hydrogens (tertiary/aromatic N) is 4. The lowest BCUT2D eigenvalue weighted by atomic mass is 9.78. The first kappa shape index (κ1) is 40.3. The number of methoxy groups -OCH3 is 1. The van der Waals surface area contributed by atoms with Crippen LogP contribution in [0.5, 0.6) is 5.88 Å². The molecule has 47 heavy (non-hydrogen) atoms. The number of alkyl halides is 9. The maximum atomic E-state index is 13.3. The summed E-state index contributed by atoms with van der Waals surface area (Å²) in [7, 11) is 1.65. The van der Waals surface area contributed by atoms with Crippen LogP contribution in [0.4, 0.5) is 45.2 Å². The first-order chi connectivity index (χ1) is 21.5. The van der Waals surface area contributed by atoms with Crippen LogP contribution in [-0.2, 0) is 25.7 Å². The van der Waals surface area contributed by atoms with Gasteiger partial charge in [0.2, 0.25) is 11.8 Å². The number of carboxylic acids is 3. The predicted octanol–water partition coefficient (Wildman–Crippen LogP) is 4.26. The zero-order valence-electron chi connectivity index (χ0n) is 24.2. The number of carbonyl (C=O) groups excluding carboxylic acids is 1. The molecule has 262 valence electrons. The summed E-state index contributed by atoms with van der Waals surface area (Å²) in [5.74, 6) is -7.05. The molecule has 2 aromatic rings. The lowest BCUT2D eigenvalue weighted by Crippen LogP contribution is -2.39. The molecule has 1 spiro atoms. The van der Waals surface area contributed by atoms with Gasteiger partial charge in [-0.25, -0.2) is 19.4 Å². The van der Waals surface area contributed by atoms with Crippen molar-refractivity contribution in [2.24, 2.45) is 11.3 Å². The van der Waals surface area contributed by atoms with Gasteiger partial charge in [-0.15, -0.1) is 0 Å². The highest BCUT2D eigenvalue weighted by molar-refractivity contribution is 6.00. The molecule has 0 aliphatic carbocycles. The van der Waals surface area contributed by atoms with Crippen molar-refractivity contribution < 1.29 is 78.7 Å². The maximum Gasteiger partial charge on any atom is 0.490 e. The van der Waals surface area contributed by atoms with Crippen molar-refractivity contribution in [3.63, 3.8) is 0 Å². The largest absolute Gasteiger partial charge is 0.490 e. The van der Waals surface area contributed by atoms with Crippen molar-refractivity contribution in [3.05, 3.63) is 48.4 Å². The number of likely N-dealkylation sites (tertiary alicyclic amines) is 1. The summed E-state index contributed by atoms with van der Waals surface area (Å²) in [5.41, 5.74) is 1.66. The normalized spacial score (nSPS) is 19.4. The van der Waals surface area contributed by atoms with Gasteiger partial charge in [-0.1, -0.05) is 13.0 Å². The van der Waals surface area contributed by atoms with Crippen LogP contribution < -0.4 is 9.64 Å². The third-order valence-electron chi connectivity index (χ3n) is 6.56. The highest BCUT2D eigenvalue weighted by Gasteiger charge is 2.55. The Morgan fingerprint density at radius 3 is 1.83 bits per heavy atom. The number of rotatable bonds is 4. The van der Waals surface area contributed by atoms with Gasteiger partial charge >= 0.3 is 36.4 Å². The zero-order chi connectivity index (χ0) is 36.4. The van der Waals surface area contributed by atoms with Crippen LogP contribution >= 0.6 is 0 Å². The second kappa shape index (κ2) is 16.2. The van der Waals surface area contributed by atoms with Crippen molar-refractivity contribution in [3.8, 4) is 5.88 Å². The van der Waals surface area contributed by atoms with Gasteiger partial charge in [-0.05, 0) is 30.5 Å². The molecule has 0 saturated carbocycles. The molecule has 21 heteroatoms. The van der Waals surface area contributed by atoms with E-state index < -0.39 is 36.4 Å². The van der Waals surface area contributed by atoms with E-state index >= 15 is 0 Å². The van der Waals surface area contributed by atoms with Gasteiger partial charge in [0.25, 0.3) is 0 Å². The standard InChI is InChI=1S/C20H24N4O2.3C2HF3O2/c1-15-12-23(13-16-5-3-9-22-18(16)26-2)14-20(15)7-10-24(19(20)25)17-6-4-8-21-11-17;3*3-2(4,5)1(6)7/h3-6,8-9,11,15H,7,10,12-14H2,1-2H3;3*(H,6,7)/t15-,20-;;;/m1.../s1. The van der Waals surface area contributed by atoms with E-state index in [1.807, 2.05) is 29.2 Å². The van der Waals surface area contributed by atoms with Gasteiger partial charge in [0.1, 0.15) is 0 Å². The SMILES string of the molecule is COc1ncccc1CN1C[C@@H](C)[C@@]2(CCN(c3cccnc3)C2=O)C1.O=C(O)C(F)(F)F.O=C(O)C(F)(F)F.O=C(O)C(F)(F)F. The number of aromatic nitrogens is 2. The molecule has 2 saturated heterocycles. The Morgan fingerprint density at radius 1 is 0.915 bits per heavy atom. The lowest BCUT2D eigenvalue weighted by Gasteiger charge is -2.26. The third-order valence-corrected chi connectivity index (χ3v) is 6.56. The summed E-state index contributed by atoms with van der Waals surface area (Å²) in [5, 5.41) is 21.4. The van der Waals surface area contributed by atoms with Crippen molar-refractivity contribution in [2.45, 2.75) is 38.4 Å². The molecule has 2 fully saturated rings. The number of hydrogen-bond donors (Lipinski definition) is 3. The molecule has 3 N–H and O–H groups in total. The monoisotopic (exact) mass is 694 g/mol. The summed E-state index contributed by atoms with van der Waals surface area (Å²) in [4.78, 5) is 52.7. The first-order valence-corrected chi connectivity index (χ1v) is 12.8. The van der Waals surface area contributed by atoms with Crippen molar-refractivity contribution in [1.29, 1.82) is 0 Å². The van der Waals surface area contributed by atoms with Crippen LogP contribution in [-0.4, -0.2) is 99.3 Å². The number of ether oxygens (including phenoxy) is 1. The van der Waals surface area contributed by atoms with Gasteiger partial charge in [-0.2, -0.15) is 39.5 Å². The molecule has 2 aliphatic rings. The van der Waals surface area contributed by atoms with E-state index in [2.05, 4.69) is 21.8 Å². The fraction of sp³-hybridized carbons (Fsp3) is 0.462. The fourth-order valence-electron chi connectivity index (χ4n) is 4.42. The topological polar surface area (TPSA) is 170 Å². The molecule has 0 radical (unpaired) electrons. The van der Waals surface area contributed by atoms with E-state index in [0.717, 1.165) is 43.9 Å². The molecule has 4 rings (SSSR count). The number of anilines is 1. The molecular weight excluding hydrogens is 667 g/mol. The number of aliphatic carboxylic acids is 3. The van der Waals surface area contributed by atoms with Crippen LogP contribution in [0, 0.1) is 11.3 Å². The van der Waals surface area contributed by atoms with Crippen LogP contribution in [0.3, 0.4) is 0 Å². The van der Waals surface area contributed by atoms with Gasteiger partial charge in [0.15, 0.2) is 0 Å². The molecule has 2 aliphatic heterocycles. The minimum atomic E-state index is -5.08. The van der Waals surface area contributed by atoms with Crippen molar-refractivity contribution in [1.82, 2.24) is 14.9 Å². The molecule has 4 heterocycles. The molecule has 12 nitrogen and oxygen atoms in total. The van der Waals surface area contributed by atoms with Crippen LogP contribution in [0.1, 0.15) is 18.9 Å². The highest BCUT2D eigenvalue weighted by Crippen LogP contribution is 2.46. The Hall–Kier alpha value is -4.69. The summed E-state index contributed by atoms with van der Waals surface area (Å²) in [6.45, 7) is 5.40. The van der Waals surface area contributed by atoms with Gasteiger partial charge < -0.3 is 25.0 Å². The first-order valence-electron chi connectivity index (χ1n) is 12.8. The molecule has 2 aromatic heterocycles. The Bertz CT molecular complexity index is 1320. The molecule has 1 amide bonds. The highest BCUT2D eigenvalue weighted by atomic mass is 19.4. The minimum Gasteiger partial charge on any atom is -0.481 e. The molecule has 2 atom stereocenters. The van der Waals surface area contributed by atoms with Gasteiger partial charge in [0, 0.05) is 44.1 Å². The Balaban J connectivity index is 0.000000430. The quantitative estimate of drug-likeness (QED) is 0.391. The minimum absolute atomic E-state index is 0.235. The zero-order valence-corrected chi connectivity index (χ0v) is 24.2. The number of pyridine rings is 2. The summed E-state index contributed by atoms with van der Waals surface area (Å²) in [6.07, 6.45) is -9.11.